The standard InChI is InChI=1S/C15H20N4O2/c1-11(2)14(15-16-7-9-18(15)3)17-12(20)10-19-8-5-4-6-13(19)21/h4-9,11,14H,10H2,1-3H3,(H,17,20)/t14-/m1/s1. The molecule has 1 N–H and O–H groups in total. The SMILES string of the molecule is CC(C)[C@@H](NC(=O)Cn1ccccc1=O)c1nccn1C. The Balaban J connectivity index is 2.11. The Hall–Kier alpha value is -2.37. The predicted molar refractivity (Wildman–Crippen MR) is 79.6 cm³/mol. The van der Waals surface area contributed by atoms with Gasteiger partial charge in [0, 0.05) is 31.7 Å². The van der Waals surface area contributed by atoms with Crippen LogP contribution in [-0.2, 0) is 18.4 Å². The molecule has 0 aliphatic rings. The summed E-state index contributed by atoms with van der Waals surface area (Å²) >= 11 is 0. The Bertz CT molecular complexity index is 672. The van der Waals surface area contributed by atoms with Gasteiger partial charge >= 0.3 is 0 Å². The minimum absolute atomic E-state index is 0.00726. The minimum Gasteiger partial charge on any atom is -0.344 e. The van der Waals surface area contributed by atoms with Gasteiger partial charge in [0.25, 0.3) is 5.56 Å². The van der Waals surface area contributed by atoms with E-state index >= 15 is 0 Å². The molecule has 0 radical (unpaired) electrons. The van der Waals surface area contributed by atoms with Crippen molar-refractivity contribution < 1.29 is 4.79 Å². The summed E-state index contributed by atoms with van der Waals surface area (Å²) in [4.78, 5) is 28.1. The molecule has 0 aliphatic carbocycles. The summed E-state index contributed by atoms with van der Waals surface area (Å²) in [6.45, 7) is 4.05. The summed E-state index contributed by atoms with van der Waals surface area (Å²) in [5.41, 5.74) is -0.189. The zero-order valence-corrected chi connectivity index (χ0v) is 12.5. The molecule has 2 aromatic rings. The molecule has 1 amide bonds. The molecule has 0 spiro atoms. The third kappa shape index (κ3) is 3.59. The van der Waals surface area contributed by atoms with Crippen molar-refractivity contribution >= 4 is 5.91 Å². The number of pyridine rings is 1. The van der Waals surface area contributed by atoms with E-state index in [2.05, 4.69) is 10.3 Å². The number of aromatic nitrogens is 3. The number of amides is 1. The number of hydrogen-bond donors (Lipinski definition) is 1. The third-order valence-corrected chi connectivity index (χ3v) is 3.33. The maximum Gasteiger partial charge on any atom is 0.250 e. The Morgan fingerprint density at radius 1 is 1.33 bits per heavy atom. The van der Waals surface area contributed by atoms with Gasteiger partial charge in [-0.25, -0.2) is 4.98 Å². The highest BCUT2D eigenvalue weighted by Crippen LogP contribution is 2.19. The van der Waals surface area contributed by atoms with Crippen molar-refractivity contribution in [3.05, 3.63) is 53.0 Å². The van der Waals surface area contributed by atoms with E-state index in [4.69, 9.17) is 0 Å². The Morgan fingerprint density at radius 2 is 2.10 bits per heavy atom. The molecule has 0 saturated carbocycles. The van der Waals surface area contributed by atoms with Crippen LogP contribution < -0.4 is 10.9 Å². The van der Waals surface area contributed by atoms with Gasteiger partial charge in [-0.3, -0.25) is 9.59 Å². The Morgan fingerprint density at radius 3 is 2.67 bits per heavy atom. The fourth-order valence-corrected chi connectivity index (χ4v) is 2.17. The first-order valence-corrected chi connectivity index (χ1v) is 6.91. The zero-order chi connectivity index (χ0) is 15.4. The molecule has 0 fully saturated rings. The van der Waals surface area contributed by atoms with E-state index in [-0.39, 0.29) is 30.0 Å². The van der Waals surface area contributed by atoms with Crippen LogP contribution in [0.15, 0.2) is 41.6 Å². The van der Waals surface area contributed by atoms with Crippen LogP contribution in [0.5, 0.6) is 0 Å². The van der Waals surface area contributed by atoms with Crippen LogP contribution in [0.4, 0.5) is 0 Å². The van der Waals surface area contributed by atoms with Crippen LogP contribution in [-0.4, -0.2) is 20.0 Å². The molecule has 2 aromatic heterocycles. The Kier molecular flexibility index (Phi) is 4.57. The molecule has 0 aliphatic heterocycles. The van der Waals surface area contributed by atoms with Crippen molar-refractivity contribution in [3.8, 4) is 0 Å². The fraction of sp³-hybridized carbons (Fsp3) is 0.400. The molecule has 0 saturated heterocycles. The van der Waals surface area contributed by atoms with E-state index in [1.165, 1.54) is 10.6 Å². The Labute approximate surface area is 123 Å². The third-order valence-electron chi connectivity index (χ3n) is 3.33. The molecule has 2 rings (SSSR count). The second-order valence-corrected chi connectivity index (χ2v) is 5.35. The lowest BCUT2D eigenvalue weighted by atomic mass is 10.0. The maximum atomic E-state index is 12.2. The molecule has 21 heavy (non-hydrogen) atoms. The average Bonchev–Trinajstić information content (AvgIpc) is 2.84. The van der Waals surface area contributed by atoms with Crippen molar-refractivity contribution in [3.63, 3.8) is 0 Å². The van der Waals surface area contributed by atoms with Gasteiger partial charge in [0.05, 0.1) is 6.04 Å². The highest BCUT2D eigenvalue weighted by atomic mass is 16.2. The van der Waals surface area contributed by atoms with Gasteiger partial charge in [-0.15, -0.1) is 0 Å². The van der Waals surface area contributed by atoms with Crippen LogP contribution in [0, 0.1) is 5.92 Å². The molecule has 112 valence electrons. The van der Waals surface area contributed by atoms with Crippen LogP contribution >= 0.6 is 0 Å². The molecule has 0 bridgehead atoms. The summed E-state index contributed by atoms with van der Waals surface area (Å²) in [7, 11) is 1.89. The number of aryl methyl sites for hydroxylation is 1. The number of nitrogens with one attached hydrogen (secondary N) is 1. The monoisotopic (exact) mass is 288 g/mol. The largest absolute Gasteiger partial charge is 0.344 e. The highest BCUT2D eigenvalue weighted by Gasteiger charge is 2.22. The minimum atomic E-state index is -0.204. The number of hydrogen-bond acceptors (Lipinski definition) is 3. The van der Waals surface area contributed by atoms with Crippen LogP contribution in [0.25, 0.3) is 0 Å². The van der Waals surface area contributed by atoms with E-state index < -0.39 is 0 Å². The zero-order valence-electron chi connectivity index (χ0n) is 12.5. The van der Waals surface area contributed by atoms with Crippen molar-refractivity contribution in [2.24, 2.45) is 13.0 Å². The van der Waals surface area contributed by atoms with Crippen molar-refractivity contribution in [1.29, 1.82) is 0 Å². The number of carbonyl (C=O) groups excluding carboxylic acids is 1. The van der Waals surface area contributed by atoms with Gasteiger partial charge in [-0.2, -0.15) is 0 Å². The van der Waals surface area contributed by atoms with Gasteiger partial charge in [-0.05, 0) is 12.0 Å². The first kappa shape index (κ1) is 15.0. The molecule has 0 unspecified atom stereocenters. The van der Waals surface area contributed by atoms with Gasteiger partial charge in [0.15, 0.2) is 0 Å². The summed E-state index contributed by atoms with van der Waals surface area (Å²) in [5.74, 6) is 0.798. The van der Waals surface area contributed by atoms with E-state index in [0.29, 0.717) is 0 Å². The van der Waals surface area contributed by atoms with Crippen molar-refractivity contribution in [2.45, 2.75) is 26.4 Å². The molecule has 0 aromatic carbocycles. The molecule has 1 atom stereocenters. The predicted octanol–water partition coefficient (Wildman–Crippen LogP) is 1.10. The maximum absolute atomic E-state index is 12.2. The second-order valence-electron chi connectivity index (χ2n) is 5.35. The summed E-state index contributed by atoms with van der Waals surface area (Å²) in [5, 5.41) is 2.95. The molecule has 6 nitrogen and oxygen atoms in total. The normalized spacial score (nSPS) is 12.4. The van der Waals surface area contributed by atoms with E-state index in [9.17, 15) is 9.59 Å². The summed E-state index contributed by atoms with van der Waals surface area (Å²) in [6, 6.07) is 4.64. The van der Waals surface area contributed by atoms with Crippen molar-refractivity contribution in [2.75, 3.05) is 0 Å². The first-order valence-electron chi connectivity index (χ1n) is 6.91. The summed E-state index contributed by atoms with van der Waals surface area (Å²) < 4.78 is 3.27. The van der Waals surface area contributed by atoms with Gasteiger partial charge in [0.1, 0.15) is 12.4 Å². The van der Waals surface area contributed by atoms with E-state index in [1.54, 1.807) is 24.5 Å². The van der Waals surface area contributed by atoms with E-state index in [1.807, 2.05) is 31.7 Å². The second kappa shape index (κ2) is 6.39. The number of nitrogens with zero attached hydrogens (tertiary/aromatic N) is 3. The van der Waals surface area contributed by atoms with Crippen molar-refractivity contribution in [1.82, 2.24) is 19.4 Å². The molecular weight excluding hydrogens is 268 g/mol. The topological polar surface area (TPSA) is 68.9 Å². The fourth-order valence-electron chi connectivity index (χ4n) is 2.17. The first-order chi connectivity index (χ1) is 9.99. The quantitative estimate of drug-likeness (QED) is 0.895. The number of carbonyl (C=O) groups is 1. The lowest BCUT2D eigenvalue weighted by Crippen LogP contribution is -2.37. The molecule has 2 heterocycles. The molecule has 6 heteroatoms. The lowest BCUT2D eigenvalue weighted by molar-refractivity contribution is -0.122. The van der Waals surface area contributed by atoms with Gasteiger partial charge in [-0.1, -0.05) is 19.9 Å². The van der Waals surface area contributed by atoms with Crippen LogP contribution in [0.1, 0.15) is 25.7 Å². The van der Waals surface area contributed by atoms with E-state index in [0.717, 1.165) is 5.82 Å². The van der Waals surface area contributed by atoms with Crippen LogP contribution in [0.3, 0.4) is 0 Å². The lowest BCUT2D eigenvalue weighted by Gasteiger charge is -2.22. The number of imidazole rings is 1. The smallest absolute Gasteiger partial charge is 0.250 e. The van der Waals surface area contributed by atoms with Crippen LogP contribution in [0.2, 0.25) is 0 Å². The highest BCUT2D eigenvalue weighted by molar-refractivity contribution is 5.76. The van der Waals surface area contributed by atoms with Gasteiger partial charge < -0.3 is 14.5 Å². The summed E-state index contributed by atoms with van der Waals surface area (Å²) in [6.07, 6.45) is 5.16. The molecular formula is C15H20N4O2. The van der Waals surface area contributed by atoms with Gasteiger partial charge in [0.2, 0.25) is 5.91 Å². The number of rotatable bonds is 5. The average molecular weight is 288 g/mol.